The highest BCUT2D eigenvalue weighted by atomic mass is 32.1. The van der Waals surface area contributed by atoms with Gasteiger partial charge in [-0.3, -0.25) is 14.8 Å². The molecule has 1 N–H and O–H groups in total. The fourth-order valence-electron chi connectivity index (χ4n) is 3.25. The topological polar surface area (TPSA) is 63.1 Å². The van der Waals surface area contributed by atoms with Crippen molar-refractivity contribution < 1.29 is 4.79 Å². The number of nitrogens with one attached hydrogen (secondary N) is 1. The molecule has 2 aromatic heterocycles. The first-order valence-electron chi connectivity index (χ1n) is 8.90. The fraction of sp³-hybridized carbons (Fsp3) is 0.611. The average molecular weight is 359 g/mol. The van der Waals surface area contributed by atoms with Crippen LogP contribution in [0.15, 0.2) is 6.07 Å². The first kappa shape index (κ1) is 16.7. The normalized spacial score (nSPS) is 18.2. The Morgan fingerprint density at radius 3 is 2.80 bits per heavy atom. The number of carbonyl (C=O) groups is 1. The molecule has 0 bridgehead atoms. The summed E-state index contributed by atoms with van der Waals surface area (Å²) in [6.45, 7) is 8.30. The van der Waals surface area contributed by atoms with Crippen LogP contribution < -0.4 is 5.32 Å². The molecule has 2 aromatic rings. The molecule has 0 unspecified atom stereocenters. The van der Waals surface area contributed by atoms with Gasteiger partial charge < -0.3 is 4.90 Å². The molecule has 134 valence electrons. The minimum atomic E-state index is -0.163. The minimum absolute atomic E-state index is 0.124. The van der Waals surface area contributed by atoms with Crippen LogP contribution in [0.3, 0.4) is 0 Å². The van der Waals surface area contributed by atoms with E-state index in [2.05, 4.69) is 48.1 Å². The molecule has 2 aliphatic rings. The quantitative estimate of drug-likeness (QED) is 0.914. The SMILES string of the molecule is CN1CCc2nc(NC(=O)c3cc(C4CC4)n(C(C)(C)C)n3)sc2C1. The Labute approximate surface area is 152 Å². The Morgan fingerprint density at radius 1 is 1.36 bits per heavy atom. The Bertz CT molecular complexity index is 812. The molecule has 1 aliphatic carbocycles. The second kappa shape index (κ2) is 5.92. The zero-order valence-electron chi connectivity index (χ0n) is 15.3. The lowest BCUT2D eigenvalue weighted by molar-refractivity contribution is 0.102. The summed E-state index contributed by atoms with van der Waals surface area (Å²) in [5.41, 5.74) is 2.67. The van der Waals surface area contributed by atoms with E-state index in [-0.39, 0.29) is 11.4 Å². The van der Waals surface area contributed by atoms with E-state index in [1.807, 2.05) is 10.7 Å². The molecule has 3 heterocycles. The lowest BCUT2D eigenvalue weighted by Gasteiger charge is -2.22. The zero-order chi connectivity index (χ0) is 17.8. The van der Waals surface area contributed by atoms with Crippen molar-refractivity contribution in [3.05, 3.63) is 28.0 Å². The summed E-state index contributed by atoms with van der Waals surface area (Å²) >= 11 is 1.58. The summed E-state index contributed by atoms with van der Waals surface area (Å²) in [4.78, 5) is 20.8. The second-order valence-electron chi connectivity index (χ2n) is 8.14. The van der Waals surface area contributed by atoms with Crippen molar-refractivity contribution >= 4 is 22.4 Å². The number of anilines is 1. The monoisotopic (exact) mass is 359 g/mol. The first-order chi connectivity index (χ1) is 11.8. The Morgan fingerprint density at radius 2 is 2.12 bits per heavy atom. The number of thiazole rings is 1. The van der Waals surface area contributed by atoms with Gasteiger partial charge in [0.2, 0.25) is 0 Å². The van der Waals surface area contributed by atoms with Crippen LogP contribution in [-0.4, -0.2) is 39.2 Å². The minimum Gasteiger partial charge on any atom is -0.301 e. The van der Waals surface area contributed by atoms with E-state index in [9.17, 15) is 4.79 Å². The standard InChI is InChI=1S/C18H25N5OS/c1-18(2,3)23-14(11-5-6-11)9-13(21-23)16(24)20-17-19-12-7-8-22(4)10-15(12)25-17/h9,11H,5-8,10H2,1-4H3,(H,19,20,24). The van der Waals surface area contributed by atoms with Crippen LogP contribution in [0.2, 0.25) is 0 Å². The van der Waals surface area contributed by atoms with Crippen LogP contribution in [0.1, 0.15) is 66.3 Å². The number of rotatable bonds is 3. The van der Waals surface area contributed by atoms with Gasteiger partial charge in [0.25, 0.3) is 5.91 Å². The molecule has 1 aliphatic heterocycles. The fourth-order valence-corrected chi connectivity index (χ4v) is 4.33. The summed E-state index contributed by atoms with van der Waals surface area (Å²) < 4.78 is 2.02. The van der Waals surface area contributed by atoms with Crippen LogP contribution in [0, 0.1) is 0 Å². The van der Waals surface area contributed by atoms with Gasteiger partial charge in [0.05, 0.1) is 11.2 Å². The van der Waals surface area contributed by atoms with Crippen molar-refractivity contribution in [2.24, 2.45) is 0 Å². The number of carbonyl (C=O) groups excluding carboxylic acids is 1. The third-order valence-corrected chi connectivity index (χ3v) is 5.74. The van der Waals surface area contributed by atoms with E-state index >= 15 is 0 Å². The van der Waals surface area contributed by atoms with Gasteiger partial charge in [0.1, 0.15) is 0 Å². The molecule has 6 nitrogen and oxygen atoms in total. The summed E-state index contributed by atoms with van der Waals surface area (Å²) in [6, 6.07) is 1.96. The smallest absolute Gasteiger partial charge is 0.277 e. The van der Waals surface area contributed by atoms with E-state index in [1.54, 1.807) is 11.3 Å². The molecule has 1 amide bonds. The van der Waals surface area contributed by atoms with E-state index in [0.29, 0.717) is 16.7 Å². The average Bonchev–Trinajstić information content (AvgIpc) is 3.13. The molecule has 1 saturated carbocycles. The van der Waals surface area contributed by atoms with Crippen LogP contribution in [0.4, 0.5) is 5.13 Å². The Balaban J connectivity index is 1.55. The van der Waals surface area contributed by atoms with Crippen molar-refractivity contribution in [3.63, 3.8) is 0 Å². The lowest BCUT2D eigenvalue weighted by Crippen LogP contribution is -2.25. The maximum atomic E-state index is 12.7. The molecular weight excluding hydrogens is 334 g/mol. The predicted molar refractivity (Wildman–Crippen MR) is 99.3 cm³/mol. The van der Waals surface area contributed by atoms with Gasteiger partial charge in [-0.1, -0.05) is 0 Å². The van der Waals surface area contributed by atoms with E-state index in [0.717, 1.165) is 25.2 Å². The van der Waals surface area contributed by atoms with Gasteiger partial charge >= 0.3 is 0 Å². The van der Waals surface area contributed by atoms with Crippen LogP contribution in [0.25, 0.3) is 0 Å². The number of nitrogens with zero attached hydrogens (tertiary/aromatic N) is 4. The summed E-state index contributed by atoms with van der Waals surface area (Å²) in [7, 11) is 2.11. The van der Waals surface area contributed by atoms with Gasteiger partial charge in [0.15, 0.2) is 10.8 Å². The highest BCUT2D eigenvalue weighted by Gasteiger charge is 2.32. The maximum absolute atomic E-state index is 12.7. The molecule has 0 radical (unpaired) electrons. The van der Waals surface area contributed by atoms with Crippen molar-refractivity contribution in [2.75, 3.05) is 18.9 Å². The van der Waals surface area contributed by atoms with E-state index < -0.39 is 0 Å². The predicted octanol–water partition coefficient (Wildman–Crippen LogP) is 3.21. The molecule has 1 fully saturated rings. The summed E-state index contributed by atoms with van der Waals surface area (Å²) in [6.07, 6.45) is 3.33. The van der Waals surface area contributed by atoms with E-state index in [4.69, 9.17) is 0 Å². The number of hydrogen-bond acceptors (Lipinski definition) is 5. The van der Waals surface area contributed by atoms with Gasteiger partial charge in [-0.2, -0.15) is 5.10 Å². The van der Waals surface area contributed by atoms with Crippen LogP contribution in [-0.2, 0) is 18.5 Å². The highest BCUT2D eigenvalue weighted by Crippen LogP contribution is 2.41. The van der Waals surface area contributed by atoms with Crippen molar-refractivity contribution in [1.82, 2.24) is 19.7 Å². The molecule has 7 heteroatoms. The molecule has 0 atom stereocenters. The van der Waals surface area contributed by atoms with E-state index in [1.165, 1.54) is 23.4 Å². The Hall–Kier alpha value is -1.73. The summed E-state index contributed by atoms with van der Waals surface area (Å²) in [5, 5.41) is 8.25. The Kier molecular flexibility index (Phi) is 3.96. The van der Waals surface area contributed by atoms with Crippen molar-refractivity contribution in [3.8, 4) is 0 Å². The van der Waals surface area contributed by atoms with Gasteiger partial charge in [-0.15, -0.1) is 11.3 Å². The van der Waals surface area contributed by atoms with Crippen LogP contribution in [0.5, 0.6) is 0 Å². The van der Waals surface area contributed by atoms with Crippen molar-refractivity contribution in [2.45, 2.75) is 58.0 Å². The lowest BCUT2D eigenvalue weighted by atomic mass is 10.1. The largest absolute Gasteiger partial charge is 0.301 e. The third-order valence-electron chi connectivity index (χ3n) is 4.74. The third kappa shape index (κ3) is 3.35. The first-order valence-corrected chi connectivity index (χ1v) is 9.72. The number of amides is 1. The zero-order valence-corrected chi connectivity index (χ0v) is 16.1. The molecule has 0 spiro atoms. The summed E-state index contributed by atoms with van der Waals surface area (Å²) in [5.74, 6) is 0.389. The number of fused-ring (bicyclic) bond motifs is 1. The molecule has 0 saturated heterocycles. The van der Waals surface area contributed by atoms with Gasteiger partial charge in [-0.25, -0.2) is 4.98 Å². The van der Waals surface area contributed by atoms with Crippen molar-refractivity contribution in [1.29, 1.82) is 0 Å². The number of aromatic nitrogens is 3. The van der Waals surface area contributed by atoms with Gasteiger partial charge in [-0.05, 0) is 46.7 Å². The molecule has 4 rings (SSSR count). The maximum Gasteiger partial charge on any atom is 0.277 e. The molecule has 0 aromatic carbocycles. The second-order valence-corrected chi connectivity index (χ2v) is 9.23. The molecular formula is C18H25N5OS. The number of likely N-dealkylation sites (N-methyl/N-ethyl adjacent to an activating group) is 1. The van der Waals surface area contributed by atoms with Gasteiger partial charge in [0, 0.05) is 36.0 Å². The highest BCUT2D eigenvalue weighted by molar-refractivity contribution is 7.15. The van der Waals surface area contributed by atoms with Crippen LogP contribution >= 0.6 is 11.3 Å². The number of hydrogen-bond donors (Lipinski definition) is 1. The molecule has 25 heavy (non-hydrogen) atoms.